The van der Waals surface area contributed by atoms with Crippen molar-refractivity contribution in [2.24, 2.45) is 7.05 Å². The lowest BCUT2D eigenvalue weighted by molar-refractivity contribution is 0.589. The van der Waals surface area contributed by atoms with Gasteiger partial charge in [-0.2, -0.15) is 0 Å². The fourth-order valence-electron chi connectivity index (χ4n) is 3.71. The predicted molar refractivity (Wildman–Crippen MR) is 129 cm³/mol. The van der Waals surface area contributed by atoms with Gasteiger partial charge in [0.25, 0.3) is 10.0 Å². The first-order valence-corrected chi connectivity index (χ1v) is 12.8. The van der Waals surface area contributed by atoms with Gasteiger partial charge in [-0.15, -0.1) is 0 Å². The third kappa shape index (κ3) is 3.61. The minimum Gasteiger partial charge on any atom is -0.330 e. The molecule has 0 radical (unpaired) electrons. The second kappa shape index (κ2) is 8.13. The minimum atomic E-state index is -3.75. The van der Waals surface area contributed by atoms with Crippen molar-refractivity contribution in [2.45, 2.75) is 17.0 Å². The van der Waals surface area contributed by atoms with Gasteiger partial charge >= 0.3 is 0 Å². The molecule has 10 heteroatoms. The Morgan fingerprint density at radius 2 is 1.79 bits per heavy atom. The highest BCUT2D eigenvalue weighted by Gasteiger charge is 2.22. The molecule has 0 saturated heterocycles. The fourth-order valence-corrected chi connectivity index (χ4v) is 5.39. The Labute approximate surface area is 195 Å². The van der Waals surface area contributed by atoms with E-state index in [1.807, 2.05) is 36.9 Å². The third-order valence-corrected chi connectivity index (χ3v) is 7.69. The zero-order valence-corrected chi connectivity index (χ0v) is 19.8. The highest BCUT2D eigenvalue weighted by atomic mass is 32.2. The number of aromatic nitrogens is 6. The first kappa shape index (κ1) is 21.4. The zero-order valence-electron chi connectivity index (χ0n) is 18.2. The summed E-state index contributed by atoms with van der Waals surface area (Å²) in [5.41, 5.74) is 3.48. The Morgan fingerprint density at radius 3 is 2.55 bits per heavy atom. The number of rotatable bonds is 5. The number of imidazole rings is 1. The van der Waals surface area contributed by atoms with Gasteiger partial charge < -0.3 is 4.57 Å². The number of aryl methyl sites for hydroxylation is 1. The molecule has 1 aromatic carbocycles. The van der Waals surface area contributed by atoms with Crippen molar-refractivity contribution in [3.05, 3.63) is 72.9 Å². The maximum Gasteiger partial charge on any atom is 0.269 e. The second-order valence-electron chi connectivity index (χ2n) is 7.41. The Balaban J connectivity index is 1.64. The van der Waals surface area contributed by atoms with Gasteiger partial charge in [0.15, 0.2) is 10.8 Å². The Kier molecular flexibility index (Phi) is 5.26. The predicted octanol–water partition coefficient (Wildman–Crippen LogP) is 4.16. The number of thioether (sulfide) groups is 1. The van der Waals surface area contributed by atoms with Crippen molar-refractivity contribution in [3.8, 4) is 22.6 Å². The highest BCUT2D eigenvalue weighted by molar-refractivity contribution is 7.98. The molecule has 0 N–H and O–H groups in total. The summed E-state index contributed by atoms with van der Waals surface area (Å²) in [7, 11) is -1.80. The van der Waals surface area contributed by atoms with Gasteiger partial charge in [0.05, 0.1) is 22.0 Å². The number of pyridine rings is 1. The van der Waals surface area contributed by atoms with Gasteiger partial charge in [0, 0.05) is 36.6 Å². The SMILES string of the molecule is CSc1nccc(-c2c(-c3cnc4c(ccn4S(=O)(=O)c4ccccc4)c3)nc(C)n2C)n1. The van der Waals surface area contributed by atoms with E-state index in [0.29, 0.717) is 16.2 Å². The normalized spacial score (nSPS) is 11.8. The molecule has 4 heterocycles. The van der Waals surface area contributed by atoms with Crippen LogP contribution in [0.15, 0.2) is 77.2 Å². The molecule has 0 atom stereocenters. The van der Waals surface area contributed by atoms with E-state index >= 15 is 0 Å². The van der Waals surface area contributed by atoms with Crippen molar-refractivity contribution in [1.29, 1.82) is 0 Å². The molecule has 0 fully saturated rings. The van der Waals surface area contributed by atoms with E-state index in [-0.39, 0.29) is 4.90 Å². The first-order chi connectivity index (χ1) is 15.9. The summed E-state index contributed by atoms with van der Waals surface area (Å²) in [5, 5.41) is 1.38. The van der Waals surface area contributed by atoms with Crippen molar-refractivity contribution < 1.29 is 8.42 Å². The molecule has 0 unspecified atom stereocenters. The van der Waals surface area contributed by atoms with Crippen molar-refractivity contribution in [3.63, 3.8) is 0 Å². The van der Waals surface area contributed by atoms with Crippen LogP contribution < -0.4 is 0 Å². The number of fused-ring (bicyclic) bond motifs is 1. The lowest BCUT2D eigenvalue weighted by Crippen LogP contribution is -2.12. The van der Waals surface area contributed by atoms with E-state index in [4.69, 9.17) is 4.98 Å². The average molecular weight is 477 g/mol. The Bertz CT molecular complexity index is 1590. The number of hydrogen-bond acceptors (Lipinski definition) is 7. The molecule has 166 valence electrons. The lowest BCUT2D eigenvalue weighted by Gasteiger charge is -2.08. The monoisotopic (exact) mass is 476 g/mol. The summed E-state index contributed by atoms with van der Waals surface area (Å²) in [6.45, 7) is 1.93. The fraction of sp³-hybridized carbons (Fsp3) is 0.130. The van der Waals surface area contributed by atoms with E-state index in [0.717, 1.165) is 28.5 Å². The maximum atomic E-state index is 13.1. The molecule has 0 aliphatic carbocycles. The van der Waals surface area contributed by atoms with E-state index in [1.54, 1.807) is 48.8 Å². The molecule has 0 amide bonds. The first-order valence-electron chi connectivity index (χ1n) is 10.1. The standard InChI is InChI=1S/C23H20N6O2S2/c1-15-26-20(21(28(15)2)19-9-11-24-23(27-19)32-3)17-13-16-10-12-29(22(16)25-14-17)33(30,31)18-7-5-4-6-8-18/h4-14H,1-3H3. The van der Waals surface area contributed by atoms with Gasteiger partial charge in [0.1, 0.15) is 5.82 Å². The highest BCUT2D eigenvalue weighted by Crippen LogP contribution is 2.33. The molecule has 33 heavy (non-hydrogen) atoms. The van der Waals surface area contributed by atoms with Crippen LogP contribution in [0.25, 0.3) is 33.7 Å². The summed E-state index contributed by atoms with van der Waals surface area (Å²) in [4.78, 5) is 18.4. The molecule has 0 bridgehead atoms. The van der Waals surface area contributed by atoms with Crippen LogP contribution in [0, 0.1) is 6.92 Å². The van der Waals surface area contributed by atoms with Crippen LogP contribution in [0.4, 0.5) is 0 Å². The molecular weight excluding hydrogens is 456 g/mol. The van der Waals surface area contributed by atoms with E-state index in [2.05, 4.69) is 15.0 Å². The molecule has 5 rings (SSSR count). The summed E-state index contributed by atoms with van der Waals surface area (Å²) in [6.07, 6.45) is 6.85. The Hall–Kier alpha value is -3.50. The number of benzene rings is 1. The largest absolute Gasteiger partial charge is 0.330 e. The molecule has 5 aromatic rings. The molecule has 0 saturated carbocycles. The molecule has 0 aliphatic rings. The van der Waals surface area contributed by atoms with Crippen LogP contribution >= 0.6 is 11.8 Å². The van der Waals surface area contributed by atoms with E-state index < -0.39 is 10.0 Å². The van der Waals surface area contributed by atoms with Gasteiger partial charge in [-0.3, -0.25) is 0 Å². The quantitative estimate of drug-likeness (QED) is 0.278. The molecule has 0 spiro atoms. The van der Waals surface area contributed by atoms with Crippen LogP contribution in [-0.2, 0) is 17.1 Å². The van der Waals surface area contributed by atoms with Crippen molar-refractivity contribution in [2.75, 3.05) is 6.26 Å². The molecular formula is C23H20N6O2S2. The van der Waals surface area contributed by atoms with Gasteiger partial charge in [-0.1, -0.05) is 30.0 Å². The molecule has 8 nitrogen and oxygen atoms in total. The number of hydrogen-bond donors (Lipinski definition) is 0. The maximum absolute atomic E-state index is 13.1. The van der Waals surface area contributed by atoms with E-state index in [9.17, 15) is 8.42 Å². The zero-order chi connectivity index (χ0) is 23.2. The second-order valence-corrected chi connectivity index (χ2v) is 10.00. The van der Waals surface area contributed by atoms with Gasteiger partial charge in [-0.05, 0) is 43.5 Å². The molecule has 4 aromatic heterocycles. The minimum absolute atomic E-state index is 0.212. The van der Waals surface area contributed by atoms with Gasteiger partial charge in [-0.25, -0.2) is 32.3 Å². The van der Waals surface area contributed by atoms with Crippen LogP contribution in [0.5, 0.6) is 0 Å². The summed E-state index contributed by atoms with van der Waals surface area (Å²) in [5.74, 6) is 0.827. The van der Waals surface area contributed by atoms with Crippen LogP contribution in [-0.4, -0.2) is 43.1 Å². The number of nitrogens with zero attached hydrogens (tertiary/aromatic N) is 6. The summed E-state index contributed by atoms with van der Waals surface area (Å²) in [6, 6.07) is 13.8. The van der Waals surface area contributed by atoms with Crippen molar-refractivity contribution in [1.82, 2.24) is 28.5 Å². The van der Waals surface area contributed by atoms with Gasteiger partial charge in [0.2, 0.25) is 0 Å². The summed E-state index contributed by atoms with van der Waals surface area (Å²) < 4.78 is 29.4. The van der Waals surface area contributed by atoms with Crippen LogP contribution in [0.2, 0.25) is 0 Å². The Morgan fingerprint density at radius 1 is 1.00 bits per heavy atom. The molecule has 0 aliphatic heterocycles. The smallest absolute Gasteiger partial charge is 0.269 e. The lowest BCUT2D eigenvalue weighted by atomic mass is 10.1. The average Bonchev–Trinajstić information content (AvgIpc) is 3.40. The van der Waals surface area contributed by atoms with Crippen LogP contribution in [0.1, 0.15) is 5.82 Å². The topological polar surface area (TPSA) is 95.6 Å². The van der Waals surface area contributed by atoms with Crippen molar-refractivity contribution >= 4 is 32.8 Å². The third-order valence-electron chi connectivity index (χ3n) is 5.44. The summed E-state index contributed by atoms with van der Waals surface area (Å²) >= 11 is 1.47. The van der Waals surface area contributed by atoms with E-state index in [1.165, 1.54) is 21.9 Å². The van der Waals surface area contributed by atoms with Crippen LogP contribution in [0.3, 0.4) is 0 Å².